The van der Waals surface area contributed by atoms with Crippen LogP contribution in [0, 0.1) is 0 Å². The normalized spacial score (nSPS) is 14.4. The summed E-state index contributed by atoms with van der Waals surface area (Å²) in [5.41, 5.74) is 3.40. The second-order valence-corrected chi connectivity index (χ2v) is 7.58. The molecule has 0 saturated heterocycles. The highest BCUT2D eigenvalue weighted by atomic mass is 16.2. The van der Waals surface area contributed by atoms with E-state index >= 15 is 0 Å². The molecule has 0 bridgehead atoms. The van der Waals surface area contributed by atoms with Crippen LogP contribution in [0.5, 0.6) is 0 Å². The molecule has 0 radical (unpaired) electrons. The molecule has 2 heterocycles. The zero-order valence-corrected chi connectivity index (χ0v) is 18.3. The molecule has 172 valence electrons. The zero-order valence-electron chi connectivity index (χ0n) is 18.3. The lowest BCUT2D eigenvalue weighted by Crippen LogP contribution is -2.34. The average Bonchev–Trinajstić information content (AvgIpc) is 3.55. The van der Waals surface area contributed by atoms with E-state index in [1.54, 1.807) is 0 Å². The first-order valence-electron chi connectivity index (χ1n) is 11.0. The Kier molecular flexibility index (Phi) is 7.36. The van der Waals surface area contributed by atoms with E-state index in [-0.39, 0.29) is 12.1 Å². The molecule has 0 atom stereocenters. The van der Waals surface area contributed by atoms with Crippen molar-refractivity contribution in [3.8, 4) is 0 Å². The Bertz CT molecular complexity index is 948. The SMILES string of the molecule is O=C(NCCCNC(=O)Nc1ccc(C2=NCCN2)cc1)Nc1ccc(C2=NCCN2)cc1. The van der Waals surface area contributed by atoms with Gasteiger partial charge in [0, 0.05) is 48.7 Å². The maximum atomic E-state index is 12.0. The van der Waals surface area contributed by atoms with Gasteiger partial charge in [-0.1, -0.05) is 0 Å². The number of rotatable bonds is 8. The van der Waals surface area contributed by atoms with Crippen LogP contribution in [0.3, 0.4) is 0 Å². The van der Waals surface area contributed by atoms with E-state index in [1.165, 1.54) is 0 Å². The van der Waals surface area contributed by atoms with Gasteiger partial charge in [0.05, 0.1) is 13.1 Å². The summed E-state index contributed by atoms with van der Waals surface area (Å²) in [6.07, 6.45) is 0.607. The van der Waals surface area contributed by atoms with Crippen LogP contribution >= 0.6 is 0 Å². The van der Waals surface area contributed by atoms with Gasteiger partial charge in [-0.15, -0.1) is 0 Å². The zero-order chi connectivity index (χ0) is 22.9. The van der Waals surface area contributed by atoms with Crippen molar-refractivity contribution in [1.82, 2.24) is 21.3 Å². The summed E-state index contributed by atoms with van der Waals surface area (Å²) in [6, 6.07) is 14.5. The molecular formula is C23H28N8O2. The quantitative estimate of drug-likeness (QED) is 0.343. The topological polar surface area (TPSA) is 131 Å². The Morgan fingerprint density at radius 3 is 1.48 bits per heavy atom. The molecule has 2 aliphatic rings. The van der Waals surface area contributed by atoms with Gasteiger partial charge in [0.15, 0.2) is 0 Å². The molecule has 33 heavy (non-hydrogen) atoms. The number of amides is 4. The van der Waals surface area contributed by atoms with Crippen molar-refractivity contribution >= 4 is 35.1 Å². The summed E-state index contributed by atoms with van der Waals surface area (Å²) in [7, 11) is 0. The second-order valence-electron chi connectivity index (χ2n) is 7.58. The fourth-order valence-corrected chi connectivity index (χ4v) is 3.45. The molecule has 4 rings (SSSR count). The Balaban J connectivity index is 1.10. The summed E-state index contributed by atoms with van der Waals surface area (Å²) >= 11 is 0. The number of hydrogen-bond acceptors (Lipinski definition) is 6. The van der Waals surface area contributed by atoms with Gasteiger partial charge in [-0.2, -0.15) is 0 Å². The van der Waals surface area contributed by atoms with Crippen LogP contribution < -0.4 is 31.9 Å². The van der Waals surface area contributed by atoms with Crippen LogP contribution in [-0.2, 0) is 0 Å². The van der Waals surface area contributed by atoms with Crippen LogP contribution in [0.25, 0.3) is 0 Å². The lowest BCUT2D eigenvalue weighted by molar-refractivity contribution is 0.251. The summed E-state index contributed by atoms with van der Waals surface area (Å²) in [5, 5.41) is 17.6. The second kappa shape index (κ2) is 11.0. The minimum Gasteiger partial charge on any atom is -0.368 e. The van der Waals surface area contributed by atoms with Crippen molar-refractivity contribution in [1.29, 1.82) is 0 Å². The fraction of sp³-hybridized carbons (Fsp3) is 0.304. The fourth-order valence-electron chi connectivity index (χ4n) is 3.45. The minimum absolute atomic E-state index is 0.287. The van der Waals surface area contributed by atoms with Gasteiger partial charge >= 0.3 is 12.1 Å². The van der Waals surface area contributed by atoms with Crippen molar-refractivity contribution in [2.75, 3.05) is 49.9 Å². The lowest BCUT2D eigenvalue weighted by atomic mass is 10.2. The molecule has 0 aromatic heterocycles. The van der Waals surface area contributed by atoms with E-state index in [9.17, 15) is 9.59 Å². The van der Waals surface area contributed by atoms with E-state index < -0.39 is 0 Å². The van der Waals surface area contributed by atoms with E-state index in [0.717, 1.165) is 49.0 Å². The Labute approximate surface area is 192 Å². The van der Waals surface area contributed by atoms with Crippen molar-refractivity contribution in [2.24, 2.45) is 9.98 Å². The number of aliphatic imine (C=N–C) groups is 2. The molecule has 0 unspecified atom stereocenters. The van der Waals surface area contributed by atoms with E-state index in [4.69, 9.17) is 0 Å². The highest BCUT2D eigenvalue weighted by Gasteiger charge is 2.09. The number of nitrogens with one attached hydrogen (secondary N) is 6. The molecule has 0 saturated carbocycles. The number of carbonyl (C=O) groups is 2. The Morgan fingerprint density at radius 2 is 1.12 bits per heavy atom. The van der Waals surface area contributed by atoms with Gasteiger partial charge in [-0.3, -0.25) is 9.98 Å². The van der Waals surface area contributed by atoms with Crippen molar-refractivity contribution < 1.29 is 9.59 Å². The van der Waals surface area contributed by atoms with E-state index in [1.807, 2.05) is 48.5 Å². The highest BCUT2D eigenvalue weighted by Crippen LogP contribution is 2.12. The minimum atomic E-state index is -0.287. The first kappa shape index (κ1) is 22.1. The number of nitrogens with zero attached hydrogens (tertiary/aromatic N) is 2. The van der Waals surface area contributed by atoms with Gasteiger partial charge in [0.1, 0.15) is 11.7 Å². The molecule has 2 aliphatic heterocycles. The Hall–Kier alpha value is -4.08. The molecular weight excluding hydrogens is 420 g/mol. The third-order valence-corrected chi connectivity index (χ3v) is 5.11. The number of hydrogen-bond donors (Lipinski definition) is 6. The number of carbonyl (C=O) groups excluding carboxylic acids is 2. The number of amidine groups is 2. The predicted molar refractivity (Wildman–Crippen MR) is 130 cm³/mol. The van der Waals surface area contributed by atoms with Crippen molar-refractivity contribution in [3.63, 3.8) is 0 Å². The third-order valence-electron chi connectivity index (χ3n) is 5.11. The van der Waals surface area contributed by atoms with E-state index in [2.05, 4.69) is 41.9 Å². The Morgan fingerprint density at radius 1 is 0.697 bits per heavy atom. The average molecular weight is 449 g/mol. The molecule has 2 aromatic carbocycles. The summed E-state index contributed by atoms with van der Waals surface area (Å²) in [5.74, 6) is 1.77. The third kappa shape index (κ3) is 6.45. The highest BCUT2D eigenvalue weighted by molar-refractivity contribution is 6.01. The van der Waals surface area contributed by atoms with Gasteiger partial charge in [-0.25, -0.2) is 9.59 Å². The summed E-state index contributed by atoms with van der Waals surface area (Å²) in [6.45, 7) is 4.17. The van der Waals surface area contributed by atoms with E-state index in [0.29, 0.717) is 30.9 Å². The predicted octanol–water partition coefficient (Wildman–Crippen LogP) is 1.72. The molecule has 10 nitrogen and oxygen atoms in total. The standard InChI is InChI=1S/C23H28N8O2/c32-22(30-18-6-2-16(3-7-18)20-24-12-13-25-20)28-10-1-11-29-23(33)31-19-8-4-17(5-9-19)21-26-14-15-27-21/h2-9H,1,10-15H2,(H,24,25)(H,26,27)(H2,28,30,32)(H2,29,31,33). The number of urea groups is 2. The molecule has 0 fully saturated rings. The first-order valence-corrected chi connectivity index (χ1v) is 11.0. The smallest absolute Gasteiger partial charge is 0.319 e. The first-order chi connectivity index (χ1) is 16.2. The van der Waals surface area contributed by atoms with Gasteiger partial charge in [0.2, 0.25) is 0 Å². The molecule has 4 amide bonds. The van der Waals surface area contributed by atoms with Crippen LogP contribution in [0.1, 0.15) is 17.5 Å². The maximum absolute atomic E-state index is 12.0. The molecule has 10 heteroatoms. The van der Waals surface area contributed by atoms with Crippen LogP contribution in [0.2, 0.25) is 0 Å². The molecule has 2 aromatic rings. The van der Waals surface area contributed by atoms with Gasteiger partial charge < -0.3 is 31.9 Å². The number of benzene rings is 2. The number of anilines is 2. The maximum Gasteiger partial charge on any atom is 0.319 e. The largest absolute Gasteiger partial charge is 0.368 e. The van der Waals surface area contributed by atoms with Crippen LogP contribution in [0.15, 0.2) is 58.5 Å². The summed E-state index contributed by atoms with van der Waals surface area (Å²) < 4.78 is 0. The van der Waals surface area contributed by atoms with Crippen LogP contribution in [0.4, 0.5) is 21.0 Å². The lowest BCUT2D eigenvalue weighted by Gasteiger charge is -2.10. The molecule has 6 N–H and O–H groups in total. The summed E-state index contributed by atoms with van der Waals surface area (Å²) in [4.78, 5) is 32.8. The monoisotopic (exact) mass is 448 g/mol. The molecule has 0 spiro atoms. The molecule has 0 aliphatic carbocycles. The van der Waals surface area contributed by atoms with Crippen molar-refractivity contribution in [2.45, 2.75) is 6.42 Å². The van der Waals surface area contributed by atoms with Gasteiger partial charge in [-0.05, 0) is 55.0 Å². The van der Waals surface area contributed by atoms with Gasteiger partial charge in [0.25, 0.3) is 0 Å². The van der Waals surface area contributed by atoms with Crippen LogP contribution in [-0.4, -0.2) is 63.0 Å². The van der Waals surface area contributed by atoms with Crippen molar-refractivity contribution in [3.05, 3.63) is 59.7 Å².